The topological polar surface area (TPSA) is 22.0 Å². The van der Waals surface area contributed by atoms with Crippen LogP contribution < -0.4 is 0 Å². The van der Waals surface area contributed by atoms with Gasteiger partial charge in [-0.05, 0) is 38.2 Å². The van der Waals surface area contributed by atoms with Crippen molar-refractivity contribution in [3.8, 4) is 0 Å². The van der Waals surface area contributed by atoms with E-state index in [0.29, 0.717) is 6.04 Å². The van der Waals surface area contributed by atoms with Crippen molar-refractivity contribution in [1.29, 1.82) is 0 Å². The van der Waals surface area contributed by atoms with Crippen molar-refractivity contribution >= 4 is 6.29 Å². The van der Waals surface area contributed by atoms with Gasteiger partial charge in [-0.15, -0.1) is 0 Å². The van der Waals surface area contributed by atoms with E-state index in [0.717, 1.165) is 18.3 Å². The van der Waals surface area contributed by atoms with E-state index < -0.39 is 0 Å². The number of aldehydes is 1. The minimum Gasteiger partial charge on any atom is -0.345 e. The Morgan fingerprint density at radius 2 is 2.31 bits per heavy atom. The SMILES string of the molecule is O=Cc1cc2n3c1CCC[C@@H]3CC2. The molecule has 1 aromatic rings. The van der Waals surface area contributed by atoms with Gasteiger partial charge >= 0.3 is 0 Å². The van der Waals surface area contributed by atoms with E-state index in [1.54, 1.807) is 0 Å². The fraction of sp³-hybridized carbons (Fsp3) is 0.545. The molecule has 2 heteroatoms. The van der Waals surface area contributed by atoms with Gasteiger partial charge in [-0.3, -0.25) is 4.79 Å². The molecule has 0 bridgehead atoms. The summed E-state index contributed by atoms with van der Waals surface area (Å²) in [6.45, 7) is 0. The third kappa shape index (κ3) is 0.859. The van der Waals surface area contributed by atoms with Gasteiger partial charge in [-0.25, -0.2) is 0 Å². The van der Waals surface area contributed by atoms with Gasteiger partial charge in [0.25, 0.3) is 0 Å². The molecule has 0 saturated heterocycles. The van der Waals surface area contributed by atoms with E-state index >= 15 is 0 Å². The Hall–Kier alpha value is -1.05. The Morgan fingerprint density at radius 1 is 1.38 bits per heavy atom. The van der Waals surface area contributed by atoms with Crippen molar-refractivity contribution in [2.45, 2.75) is 38.1 Å². The second-order valence-corrected chi connectivity index (χ2v) is 4.11. The molecule has 0 fully saturated rings. The molecular weight excluding hydrogens is 162 g/mol. The number of nitrogens with zero attached hydrogens (tertiary/aromatic N) is 1. The molecule has 2 aliphatic rings. The Labute approximate surface area is 77.6 Å². The lowest BCUT2D eigenvalue weighted by Crippen LogP contribution is -2.14. The maximum atomic E-state index is 10.8. The van der Waals surface area contributed by atoms with Crippen LogP contribution in [0.2, 0.25) is 0 Å². The summed E-state index contributed by atoms with van der Waals surface area (Å²) in [5, 5.41) is 0. The number of hydrogen-bond acceptors (Lipinski definition) is 1. The lowest BCUT2D eigenvalue weighted by Gasteiger charge is -2.22. The minimum atomic E-state index is 0.715. The van der Waals surface area contributed by atoms with Crippen LogP contribution in [0.1, 0.15) is 47.1 Å². The maximum absolute atomic E-state index is 10.8. The van der Waals surface area contributed by atoms with Crippen molar-refractivity contribution < 1.29 is 4.79 Å². The van der Waals surface area contributed by atoms with Crippen LogP contribution in [0.15, 0.2) is 6.07 Å². The second-order valence-electron chi connectivity index (χ2n) is 4.11. The number of hydrogen-bond donors (Lipinski definition) is 0. The molecule has 0 spiro atoms. The average Bonchev–Trinajstić information content (AvgIpc) is 2.72. The molecule has 0 aromatic carbocycles. The van der Waals surface area contributed by atoms with E-state index in [1.165, 1.54) is 37.1 Å². The van der Waals surface area contributed by atoms with E-state index in [2.05, 4.69) is 10.6 Å². The first-order valence-electron chi connectivity index (χ1n) is 5.08. The van der Waals surface area contributed by atoms with Gasteiger partial charge in [0.15, 0.2) is 6.29 Å². The molecule has 13 heavy (non-hydrogen) atoms. The van der Waals surface area contributed by atoms with E-state index in [9.17, 15) is 4.79 Å². The van der Waals surface area contributed by atoms with Crippen LogP contribution in [-0.4, -0.2) is 10.9 Å². The van der Waals surface area contributed by atoms with Gasteiger partial charge < -0.3 is 4.57 Å². The molecule has 1 atom stereocenters. The Bertz CT molecular complexity index is 364. The monoisotopic (exact) mass is 175 g/mol. The minimum absolute atomic E-state index is 0.715. The molecule has 0 saturated carbocycles. The van der Waals surface area contributed by atoms with Gasteiger partial charge in [-0.1, -0.05) is 0 Å². The summed E-state index contributed by atoms with van der Waals surface area (Å²) in [6, 6.07) is 2.81. The standard InChI is InChI=1S/C11H13NO/c13-7-8-6-10-5-4-9-2-1-3-11(8)12(9)10/h6-7,9H,1-5H2/t9-/m1/s1. The normalized spacial score (nSPS) is 24.5. The van der Waals surface area contributed by atoms with Gasteiger partial charge in [0.05, 0.1) is 0 Å². The first-order valence-corrected chi connectivity index (χ1v) is 5.08. The van der Waals surface area contributed by atoms with Gasteiger partial charge in [0.2, 0.25) is 0 Å². The Morgan fingerprint density at radius 3 is 3.15 bits per heavy atom. The first kappa shape index (κ1) is 7.36. The molecule has 3 rings (SSSR count). The zero-order chi connectivity index (χ0) is 8.84. The van der Waals surface area contributed by atoms with E-state index in [-0.39, 0.29) is 0 Å². The van der Waals surface area contributed by atoms with Crippen molar-refractivity contribution in [1.82, 2.24) is 4.57 Å². The van der Waals surface area contributed by atoms with Crippen molar-refractivity contribution in [3.05, 3.63) is 23.0 Å². The molecule has 2 aliphatic heterocycles. The first-order chi connectivity index (χ1) is 6.40. The highest BCUT2D eigenvalue weighted by Crippen LogP contribution is 2.38. The molecule has 0 aliphatic carbocycles. The van der Waals surface area contributed by atoms with Gasteiger partial charge in [-0.2, -0.15) is 0 Å². The maximum Gasteiger partial charge on any atom is 0.151 e. The largest absolute Gasteiger partial charge is 0.345 e. The predicted molar refractivity (Wildman–Crippen MR) is 50.1 cm³/mol. The summed E-state index contributed by atoms with van der Waals surface area (Å²) in [6.07, 6.45) is 7.16. The summed E-state index contributed by atoms with van der Waals surface area (Å²) in [5.41, 5.74) is 3.64. The molecule has 1 aromatic heterocycles. The molecule has 0 N–H and O–H groups in total. The van der Waals surface area contributed by atoms with Crippen LogP contribution in [0.3, 0.4) is 0 Å². The Kier molecular flexibility index (Phi) is 1.40. The molecular formula is C11H13NO. The third-order valence-corrected chi connectivity index (χ3v) is 3.43. The summed E-state index contributed by atoms with van der Waals surface area (Å²) in [7, 11) is 0. The van der Waals surface area contributed by atoms with Crippen LogP contribution in [-0.2, 0) is 12.8 Å². The fourth-order valence-electron chi connectivity index (χ4n) is 2.88. The molecule has 0 amide bonds. The molecule has 0 unspecified atom stereocenters. The van der Waals surface area contributed by atoms with Crippen molar-refractivity contribution in [3.63, 3.8) is 0 Å². The highest BCUT2D eigenvalue weighted by Gasteiger charge is 2.29. The van der Waals surface area contributed by atoms with Gasteiger partial charge in [0, 0.05) is 23.0 Å². The zero-order valence-electron chi connectivity index (χ0n) is 7.62. The van der Waals surface area contributed by atoms with Crippen LogP contribution in [0.25, 0.3) is 0 Å². The number of carbonyl (C=O) groups excluding carboxylic acids is 1. The highest BCUT2D eigenvalue weighted by atomic mass is 16.1. The fourth-order valence-corrected chi connectivity index (χ4v) is 2.88. The zero-order valence-corrected chi connectivity index (χ0v) is 7.62. The second kappa shape index (κ2) is 2.47. The van der Waals surface area contributed by atoms with E-state index in [1.807, 2.05) is 0 Å². The highest BCUT2D eigenvalue weighted by molar-refractivity contribution is 5.77. The molecule has 2 nitrogen and oxygen atoms in total. The van der Waals surface area contributed by atoms with Crippen LogP contribution in [0, 0.1) is 0 Å². The number of aryl methyl sites for hydroxylation is 1. The Balaban J connectivity index is 2.22. The predicted octanol–water partition coefficient (Wildman–Crippen LogP) is 2.12. The van der Waals surface area contributed by atoms with Crippen LogP contribution in [0.5, 0.6) is 0 Å². The van der Waals surface area contributed by atoms with Gasteiger partial charge in [0.1, 0.15) is 0 Å². The van der Waals surface area contributed by atoms with Crippen molar-refractivity contribution in [2.24, 2.45) is 0 Å². The molecule has 68 valence electrons. The van der Waals surface area contributed by atoms with E-state index in [4.69, 9.17) is 0 Å². The smallest absolute Gasteiger partial charge is 0.151 e. The van der Waals surface area contributed by atoms with Crippen LogP contribution >= 0.6 is 0 Å². The third-order valence-electron chi connectivity index (χ3n) is 3.43. The number of carbonyl (C=O) groups is 1. The summed E-state index contributed by atoms with van der Waals surface area (Å²) in [5.74, 6) is 0. The summed E-state index contributed by atoms with van der Waals surface area (Å²) in [4.78, 5) is 10.8. The number of rotatable bonds is 1. The number of aromatic nitrogens is 1. The van der Waals surface area contributed by atoms with Crippen LogP contribution in [0.4, 0.5) is 0 Å². The summed E-state index contributed by atoms with van der Waals surface area (Å²) < 4.78 is 2.42. The average molecular weight is 175 g/mol. The van der Waals surface area contributed by atoms with Crippen molar-refractivity contribution in [2.75, 3.05) is 0 Å². The molecule has 3 heterocycles. The quantitative estimate of drug-likeness (QED) is 0.599. The lowest BCUT2D eigenvalue weighted by molar-refractivity contribution is 0.112. The lowest BCUT2D eigenvalue weighted by atomic mass is 9.99. The summed E-state index contributed by atoms with van der Waals surface area (Å²) >= 11 is 0. The molecule has 0 radical (unpaired) electrons.